The Kier molecular flexibility index (Phi) is 3.47. The van der Waals surface area contributed by atoms with Crippen molar-refractivity contribution in [3.63, 3.8) is 0 Å². The van der Waals surface area contributed by atoms with Crippen LogP contribution in [0.2, 0.25) is 0 Å². The smallest absolute Gasteiger partial charge is 0.244 e. The molecular weight excluding hydrogens is 258 g/mol. The minimum absolute atomic E-state index is 0.135. The van der Waals surface area contributed by atoms with E-state index < -0.39 is 0 Å². The van der Waals surface area contributed by atoms with Crippen molar-refractivity contribution in [3.8, 4) is 0 Å². The summed E-state index contributed by atoms with van der Waals surface area (Å²) in [4.78, 5) is 7.05. The minimum Gasteiger partial charge on any atom is -0.336 e. The number of piperazine rings is 1. The van der Waals surface area contributed by atoms with Crippen molar-refractivity contribution in [2.45, 2.75) is 50.4 Å². The van der Waals surface area contributed by atoms with E-state index in [0.717, 1.165) is 24.9 Å². The van der Waals surface area contributed by atoms with Gasteiger partial charge < -0.3 is 10.2 Å². The summed E-state index contributed by atoms with van der Waals surface area (Å²) in [6.45, 7) is 8.66. The van der Waals surface area contributed by atoms with Gasteiger partial charge in [0, 0.05) is 25.2 Å². The SMILES string of the molecule is CC1CN(c2n[nH]c(C3(C)CCCS3)n2)CC(C)N1. The average Bonchev–Trinajstić information content (AvgIpc) is 2.96. The third-order valence-electron chi connectivity index (χ3n) is 4.03. The molecular formula is C13H23N5S. The first kappa shape index (κ1) is 13.2. The Hall–Kier alpha value is -0.750. The second kappa shape index (κ2) is 4.98. The van der Waals surface area contributed by atoms with E-state index >= 15 is 0 Å². The number of nitrogens with zero attached hydrogens (tertiary/aromatic N) is 3. The quantitative estimate of drug-likeness (QED) is 0.864. The van der Waals surface area contributed by atoms with Gasteiger partial charge in [0.1, 0.15) is 5.82 Å². The van der Waals surface area contributed by atoms with Crippen LogP contribution in [0.25, 0.3) is 0 Å². The Morgan fingerprint density at radius 2 is 2.05 bits per heavy atom. The highest BCUT2D eigenvalue weighted by Crippen LogP contribution is 2.44. The molecule has 0 saturated carbocycles. The van der Waals surface area contributed by atoms with Gasteiger partial charge in [0.25, 0.3) is 0 Å². The van der Waals surface area contributed by atoms with Crippen LogP contribution < -0.4 is 10.2 Å². The summed E-state index contributed by atoms with van der Waals surface area (Å²) in [5.74, 6) is 3.14. The van der Waals surface area contributed by atoms with Crippen LogP contribution in [-0.4, -0.2) is 46.1 Å². The Labute approximate surface area is 118 Å². The predicted molar refractivity (Wildman–Crippen MR) is 79.7 cm³/mol. The number of hydrogen-bond donors (Lipinski definition) is 2. The molecule has 5 nitrogen and oxygen atoms in total. The zero-order valence-corrected chi connectivity index (χ0v) is 12.8. The van der Waals surface area contributed by atoms with Crippen molar-refractivity contribution in [2.24, 2.45) is 0 Å². The fourth-order valence-electron chi connectivity index (χ4n) is 3.09. The van der Waals surface area contributed by atoms with Gasteiger partial charge in [-0.05, 0) is 39.4 Å². The van der Waals surface area contributed by atoms with Gasteiger partial charge >= 0.3 is 0 Å². The summed E-state index contributed by atoms with van der Waals surface area (Å²) < 4.78 is 0.135. The molecule has 0 radical (unpaired) electrons. The summed E-state index contributed by atoms with van der Waals surface area (Å²) in [5.41, 5.74) is 0. The summed E-state index contributed by atoms with van der Waals surface area (Å²) in [6.07, 6.45) is 2.47. The fourth-order valence-corrected chi connectivity index (χ4v) is 4.34. The summed E-state index contributed by atoms with van der Waals surface area (Å²) >= 11 is 1.99. The lowest BCUT2D eigenvalue weighted by molar-refractivity contribution is 0.403. The number of rotatable bonds is 2. The van der Waals surface area contributed by atoms with Crippen LogP contribution in [0.15, 0.2) is 0 Å². The van der Waals surface area contributed by atoms with Crippen LogP contribution in [0.5, 0.6) is 0 Å². The number of hydrogen-bond acceptors (Lipinski definition) is 5. The summed E-state index contributed by atoms with van der Waals surface area (Å²) in [6, 6.07) is 0.976. The zero-order chi connectivity index (χ0) is 13.5. The van der Waals surface area contributed by atoms with E-state index in [1.54, 1.807) is 0 Å². The van der Waals surface area contributed by atoms with Crippen LogP contribution in [0.1, 0.15) is 39.4 Å². The molecule has 2 N–H and O–H groups in total. The lowest BCUT2D eigenvalue weighted by atomic mass is 10.1. The predicted octanol–water partition coefficient (Wildman–Crippen LogP) is 1.73. The number of thioether (sulfide) groups is 1. The standard InChI is InChI=1S/C13H23N5S/c1-9-7-18(8-10(2)14-9)12-15-11(16-17-12)13(3)5-4-6-19-13/h9-10,14H,4-8H2,1-3H3,(H,15,16,17). The van der Waals surface area contributed by atoms with Gasteiger partial charge in [0.05, 0.1) is 4.75 Å². The number of H-pyrrole nitrogens is 1. The summed E-state index contributed by atoms with van der Waals surface area (Å²) in [5, 5.41) is 11.2. The third-order valence-corrected chi connectivity index (χ3v) is 5.56. The Balaban J connectivity index is 1.77. The monoisotopic (exact) mass is 281 g/mol. The molecule has 0 aliphatic carbocycles. The first-order valence-electron chi connectivity index (χ1n) is 7.15. The lowest BCUT2D eigenvalue weighted by Gasteiger charge is -2.35. The Morgan fingerprint density at radius 3 is 2.68 bits per heavy atom. The summed E-state index contributed by atoms with van der Waals surface area (Å²) in [7, 11) is 0. The van der Waals surface area contributed by atoms with Crippen LogP contribution >= 0.6 is 11.8 Å². The molecule has 2 saturated heterocycles. The van der Waals surface area contributed by atoms with Crippen molar-refractivity contribution in [1.82, 2.24) is 20.5 Å². The number of aromatic nitrogens is 3. The van der Waals surface area contributed by atoms with Gasteiger partial charge in [-0.2, -0.15) is 4.98 Å². The lowest BCUT2D eigenvalue weighted by Crippen LogP contribution is -2.54. The van der Waals surface area contributed by atoms with Gasteiger partial charge in [-0.1, -0.05) is 0 Å². The van der Waals surface area contributed by atoms with Crippen molar-refractivity contribution < 1.29 is 0 Å². The molecule has 2 aliphatic heterocycles. The normalized spacial score (nSPS) is 35.8. The molecule has 3 atom stereocenters. The molecule has 2 aliphatic rings. The molecule has 19 heavy (non-hydrogen) atoms. The van der Waals surface area contributed by atoms with Crippen molar-refractivity contribution in [1.29, 1.82) is 0 Å². The number of anilines is 1. The first-order valence-corrected chi connectivity index (χ1v) is 8.13. The second-order valence-electron chi connectivity index (χ2n) is 6.04. The van der Waals surface area contributed by atoms with E-state index in [4.69, 9.17) is 4.98 Å². The van der Waals surface area contributed by atoms with Crippen LogP contribution in [0.4, 0.5) is 5.95 Å². The van der Waals surface area contributed by atoms with Crippen LogP contribution in [0.3, 0.4) is 0 Å². The molecule has 1 aromatic heterocycles. The van der Waals surface area contributed by atoms with Crippen LogP contribution in [-0.2, 0) is 4.75 Å². The van der Waals surface area contributed by atoms with E-state index in [1.165, 1.54) is 18.6 Å². The third kappa shape index (κ3) is 2.60. The highest BCUT2D eigenvalue weighted by atomic mass is 32.2. The first-order chi connectivity index (χ1) is 9.07. The van der Waals surface area contributed by atoms with E-state index in [-0.39, 0.29) is 4.75 Å². The van der Waals surface area contributed by atoms with Gasteiger partial charge in [-0.15, -0.1) is 16.9 Å². The molecule has 0 aromatic carbocycles. The van der Waals surface area contributed by atoms with E-state index in [0.29, 0.717) is 12.1 Å². The maximum atomic E-state index is 4.77. The van der Waals surface area contributed by atoms with Crippen LogP contribution in [0, 0.1) is 0 Å². The van der Waals surface area contributed by atoms with E-state index in [2.05, 4.69) is 41.2 Å². The van der Waals surface area contributed by atoms with Gasteiger partial charge in [-0.3, -0.25) is 5.10 Å². The fraction of sp³-hybridized carbons (Fsp3) is 0.846. The maximum Gasteiger partial charge on any atom is 0.244 e. The Bertz CT molecular complexity index is 430. The van der Waals surface area contributed by atoms with Gasteiger partial charge in [-0.25, -0.2) is 0 Å². The molecule has 2 fully saturated rings. The molecule has 0 amide bonds. The van der Waals surface area contributed by atoms with E-state index in [1.807, 2.05) is 11.8 Å². The largest absolute Gasteiger partial charge is 0.336 e. The van der Waals surface area contributed by atoms with Crippen molar-refractivity contribution >= 4 is 17.7 Å². The molecule has 3 unspecified atom stereocenters. The molecule has 3 heterocycles. The average molecular weight is 281 g/mol. The molecule has 1 aromatic rings. The zero-order valence-electron chi connectivity index (χ0n) is 11.9. The molecule has 106 valence electrons. The number of aromatic amines is 1. The molecule has 0 bridgehead atoms. The van der Waals surface area contributed by atoms with Crippen molar-refractivity contribution in [2.75, 3.05) is 23.7 Å². The second-order valence-corrected chi connectivity index (χ2v) is 7.64. The van der Waals surface area contributed by atoms with E-state index in [9.17, 15) is 0 Å². The molecule has 3 rings (SSSR count). The molecule has 0 spiro atoms. The Morgan fingerprint density at radius 1 is 1.32 bits per heavy atom. The highest BCUT2D eigenvalue weighted by Gasteiger charge is 2.35. The van der Waals surface area contributed by atoms with Gasteiger partial charge in [0.15, 0.2) is 0 Å². The molecule has 6 heteroatoms. The van der Waals surface area contributed by atoms with Gasteiger partial charge in [0.2, 0.25) is 5.95 Å². The maximum absolute atomic E-state index is 4.77. The highest BCUT2D eigenvalue weighted by molar-refractivity contribution is 8.00. The minimum atomic E-state index is 0.135. The number of nitrogens with one attached hydrogen (secondary N) is 2. The topological polar surface area (TPSA) is 56.8 Å². The van der Waals surface area contributed by atoms with Crippen molar-refractivity contribution in [3.05, 3.63) is 5.82 Å².